The highest BCUT2D eigenvalue weighted by molar-refractivity contribution is 5.83. The Balaban J connectivity index is 2.15. The number of esters is 1. The van der Waals surface area contributed by atoms with Gasteiger partial charge in [0.05, 0.1) is 7.11 Å². The zero-order valence-electron chi connectivity index (χ0n) is 11.2. The summed E-state index contributed by atoms with van der Waals surface area (Å²) in [7, 11) is 1.40. The van der Waals surface area contributed by atoms with Gasteiger partial charge in [-0.25, -0.2) is 4.79 Å². The molecule has 0 radical (unpaired) electrons. The molecule has 0 bridgehead atoms. The molecule has 3 heteroatoms. The Bertz CT molecular complexity index is 471. The van der Waals surface area contributed by atoms with Gasteiger partial charge in [-0.2, -0.15) is 0 Å². The van der Waals surface area contributed by atoms with E-state index in [0.717, 1.165) is 24.4 Å². The highest BCUT2D eigenvalue weighted by Gasteiger charge is 2.14. The van der Waals surface area contributed by atoms with E-state index < -0.39 is 0 Å². The van der Waals surface area contributed by atoms with Gasteiger partial charge < -0.3 is 9.64 Å². The van der Waals surface area contributed by atoms with Crippen LogP contribution in [0.25, 0.3) is 6.08 Å². The van der Waals surface area contributed by atoms with Crippen LogP contribution in [0.2, 0.25) is 0 Å². The summed E-state index contributed by atoms with van der Waals surface area (Å²) in [6.07, 6.45) is 7.92. The predicted octanol–water partition coefficient (Wildman–Crippen LogP) is 2.85. The Kier molecular flexibility index (Phi) is 4.78. The van der Waals surface area contributed by atoms with E-state index in [-0.39, 0.29) is 5.97 Å². The van der Waals surface area contributed by atoms with Gasteiger partial charge in [-0.1, -0.05) is 36.4 Å². The molecule has 1 heterocycles. The molecular weight excluding hydrogens is 238 g/mol. The first-order chi connectivity index (χ1) is 9.29. The van der Waals surface area contributed by atoms with E-state index in [1.165, 1.54) is 20.0 Å². The molecule has 1 aromatic rings. The number of benzene rings is 1. The first kappa shape index (κ1) is 13.4. The summed E-state index contributed by atoms with van der Waals surface area (Å²) in [5, 5.41) is 0. The Morgan fingerprint density at radius 1 is 1.21 bits per heavy atom. The van der Waals surface area contributed by atoms with Crippen LogP contribution in [0.5, 0.6) is 0 Å². The van der Waals surface area contributed by atoms with Crippen LogP contribution in [-0.4, -0.2) is 31.1 Å². The van der Waals surface area contributed by atoms with Crippen LogP contribution >= 0.6 is 0 Å². The Labute approximate surface area is 114 Å². The molecule has 1 fully saturated rings. The van der Waals surface area contributed by atoms with Gasteiger partial charge in [-0.3, -0.25) is 0 Å². The number of hydrogen-bond acceptors (Lipinski definition) is 3. The van der Waals surface area contributed by atoms with Crippen LogP contribution < -0.4 is 0 Å². The van der Waals surface area contributed by atoms with Gasteiger partial charge in [0.2, 0.25) is 0 Å². The number of carbonyl (C=O) groups is 1. The monoisotopic (exact) mass is 257 g/mol. The molecule has 2 rings (SSSR count). The number of rotatable bonds is 4. The maximum Gasteiger partial charge on any atom is 0.332 e. The summed E-state index contributed by atoms with van der Waals surface area (Å²) in [4.78, 5) is 13.6. The molecule has 1 saturated heterocycles. The summed E-state index contributed by atoms with van der Waals surface area (Å²) in [6.45, 7) is 2.00. The molecule has 0 spiro atoms. The molecule has 3 nitrogen and oxygen atoms in total. The maximum absolute atomic E-state index is 11.4. The Morgan fingerprint density at radius 2 is 1.89 bits per heavy atom. The van der Waals surface area contributed by atoms with Crippen molar-refractivity contribution in [2.75, 3.05) is 20.2 Å². The van der Waals surface area contributed by atoms with Gasteiger partial charge in [0, 0.05) is 24.9 Å². The SMILES string of the molecule is COC(=O)/C=C(\C=C\c1ccccc1)N1CCCC1. The average Bonchev–Trinajstić information content (AvgIpc) is 2.98. The number of carbonyl (C=O) groups excluding carboxylic acids is 1. The third-order valence-corrected chi connectivity index (χ3v) is 3.18. The fourth-order valence-electron chi connectivity index (χ4n) is 2.15. The number of ether oxygens (including phenoxy) is 1. The summed E-state index contributed by atoms with van der Waals surface area (Å²) >= 11 is 0. The third-order valence-electron chi connectivity index (χ3n) is 3.18. The van der Waals surface area contributed by atoms with Crippen molar-refractivity contribution in [1.82, 2.24) is 4.90 Å². The van der Waals surface area contributed by atoms with Crippen LogP contribution in [0.4, 0.5) is 0 Å². The maximum atomic E-state index is 11.4. The quantitative estimate of drug-likeness (QED) is 0.472. The van der Waals surface area contributed by atoms with Crippen molar-refractivity contribution in [2.45, 2.75) is 12.8 Å². The molecule has 1 aliphatic heterocycles. The van der Waals surface area contributed by atoms with Gasteiger partial charge in [0.15, 0.2) is 0 Å². The van der Waals surface area contributed by atoms with Crippen molar-refractivity contribution in [2.24, 2.45) is 0 Å². The second-order valence-electron chi connectivity index (χ2n) is 4.53. The number of nitrogens with zero attached hydrogens (tertiary/aromatic N) is 1. The zero-order valence-corrected chi connectivity index (χ0v) is 11.2. The van der Waals surface area contributed by atoms with Gasteiger partial charge in [0.25, 0.3) is 0 Å². The van der Waals surface area contributed by atoms with Gasteiger partial charge >= 0.3 is 5.97 Å². The largest absolute Gasteiger partial charge is 0.466 e. The number of methoxy groups -OCH3 is 1. The molecular formula is C16H19NO2. The van der Waals surface area contributed by atoms with E-state index in [0.29, 0.717) is 0 Å². The van der Waals surface area contributed by atoms with Crippen molar-refractivity contribution >= 4 is 12.0 Å². The fourth-order valence-corrected chi connectivity index (χ4v) is 2.15. The molecule has 1 aromatic carbocycles. The minimum Gasteiger partial charge on any atom is -0.466 e. The van der Waals surface area contributed by atoms with Crippen LogP contribution in [0.1, 0.15) is 18.4 Å². The molecule has 0 N–H and O–H groups in total. The fraction of sp³-hybridized carbons (Fsp3) is 0.312. The smallest absolute Gasteiger partial charge is 0.332 e. The number of allylic oxidation sites excluding steroid dienone is 1. The van der Waals surface area contributed by atoms with Crippen molar-refractivity contribution in [1.29, 1.82) is 0 Å². The first-order valence-corrected chi connectivity index (χ1v) is 6.57. The Morgan fingerprint density at radius 3 is 2.53 bits per heavy atom. The lowest BCUT2D eigenvalue weighted by Crippen LogP contribution is -2.18. The van der Waals surface area contributed by atoms with Crippen LogP contribution in [0, 0.1) is 0 Å². The van der Waals surface area contributed by atoms with Gasteiger partial charge in [0.1, 0.15) is 0 Å². The second kappa shape index (κ2) is 6.78. The third kappa shape index (κ3) is 3.98. The van der Waals surface area contributed by atoms with Gasteiger partial charge in [-0.05, 0) is 24.5 Å². The van der Waals surface area contributed by atoms with E-state index in [4.69, 9.17) is 4.74 Å². The topological polar surface area (TPSA) is 29.5 Å². The number of hydrogen-bond donors (Lipinski definition) is 0. The minimum absolute atomic E-state index is 0.306. The lowest BCUT2D eigenvalue weighted by molar-refractivity contribution is -0.134. The molecule has 0 saturated carbocycles. The Hall–Kier alpha value is -2.03. The van der Waals surface area contributed by atoms with E-state index in [9.17, 15) is 4.79 Å². The lowest BCUT2D eigenvalue weighted by Gasteiger charge is -2.18. The highest BCUT2D eigenvalue weighted by Crippen LogP contribution is 2.17. The zero-order chi connectivity index (χ0) is 13.5. The number of likely N-dealkylation sites (tertiary alicyclic amines) is 1. The predicted molar refractivity (Wildman–Crippen MR) is 76.4 cm³/mol. The molecule has 100 valence electrons. The molecule has 0 atom stereocenters. The van der Waals surface area contributed by atoms with E-state index >= 15 is 0 Å². The molecule has 0 unspecified atom stereocenters. The van der Waals surface area contributed by atoms with E-state index in [1.54, 1.807) is 6.08 Å². The summed E-state index contributed by atoms with van der Waals surface area (Å²) < 4.78 is 4.72. The normalized spacial score (nSPS) is 16.1. The molecule has 19 heavy (non-hydrogen) atoms. The van der Waals surface area contributed by atoms with Crippen LogP contribution in [-0.2, 0) is 9.53 Å². The highest BCUT2D eigenvalue weighted by atomic mass is 16.5. The van der Waals surface area contributed by atoms with Crippen LogP contribution in [0.15, 0.2) is 48.2 Å². The molecule has 0 aliphatic carbocycles. The second-order valence-corrected chi connectivity index (χ2v) is 4.53. The van der Waals surface area contributed by atoms with Crippen molar-refractivity contribution < 1.29 is 9.53 Å². The first-order valence-electron chi connectivity index (χ1n) is 6.57. The van der Waals surface area contributed by atoms with Crippen molar-refractivity contribution in [3.8, 4) is 0 Å². The summed E-state index contributed by atoms with van der Waals surface area (Å²) in [5.74, 6) is -0.306. The van der Waals surface area contributed by atoms with E-state index in [1.807, 2.05) is 42.5 Å². The van der Waals surface area contributed by atoms with E-state index in [2.05, 4.69) is 4.90 Å². The van der Waals surface area contributed by atoms with Gasteiger partial charge in [-0.15, -0.1) is 0 Å². The minimum atomic E-state index is -0.306. The average molecular weight is 257 g/mol. The van der Waals surface area contributed by atoms with Crippen LogP contribution in [0.3, 0.4) is 0 Å². The lowest BCUT2D eigenvalue weighted by atomic mass is 10.2. The summed E-state index contributed by atoms with van der Waals surface area (Å²) in [5.41, 5.74) is 2.05. The molecule has 1 aliphatic rings. The molecule has 0 amide bonds. The van der Waals surface area contributed by atoms with Crippen molar-refractivity contribution in [3.63, 3.8) is 0 Å². The standard InChI is InChI=1S/C16H19NO2/c1-19-16(18)13-15(17-11-5-6-12-17)10-9-14-7-3-2-4-8-14/h2-4,7-10,13H,5-6,11-12H2,1H3/b10-9+,15-13+. The summed E-state index contributed by atoms with van der Waals surface area (Å²) in [6, 6.07) is 10.1. The molecule has 0 aromatic heterocycles. The van der Waals surface area contributed by atoms with Crippen molar-refractivity contribution in [3.05, 3.63) is 53.7 Å².